The van der Waals surface area contributed by atoms with Crippen LogP contribution in [0.25, 0.3) is 10.2 Å². The number of thiophene rings is 1. The molecule has 1 unspecified atom stereocenters. The zero-order valence-corrected chi connectivity index (χ0v) is 18.5. The molecule has 150 valence electrons. The van der Waals surface area contributed by atoms with E-state index in [0.29, 0.717) is 18.2 Å². The summed E-state index contributed by atoms with van der Waals surface area (Å²) in [6.45, 7) is 7.92. The van der Waals surface area contributed by atoms with E-state index in [-0.39, 0.29) is 0 Å². The predicted octanol–water partition coefficient (Wildman–Crippen LogP) is 4.15. The molecular formula is C20H27N5OS2. The smallest absolute Gasteiger partial charge is 0.168 e. The number of nitrogens with two attached hydrogens (primary N) is 1. The first-order valence-corrected chi connectivity index (χ1v) is 11.5. The van der Waals surface area contributed by atoms with Crippen LogP contribution in [0.1, 0.15) is 41.0 Å². The molecular weight excluding hydrogens is 390 g/mol. The minimum atomic E-state index is 0.628. The van der Waals surface area contributed by atoms with Crippen LogP contribution in [0.4, 0.5) is 5.82 Å². The van der Waals surface area contributed by atoms with Gasteiger partial charge in [-0.15, -0.1) is 11.3 Å². The van der Waals surface area contributed by atoms with Gasteiger partial charge in [0.15, 0.2) is 5.16 Å². The number of ether oxygens (including phenoxy) is 1. The topological polar surface area (TPSA) is 78.9 Å². The molecule has 0 aromatic carbocycles. The Balaban J connectivity index is 1.59. The lowest BCUT2D eigenvalue weighted by Crippen LogP contribution is -2.09. The molecule has 1 atom stereocenters. The molecule has 0 fully saturated rings. The van der Waals surface area contributed by atoms with Gasteiger partial charge in [-0.2, -0.15) is 0 Å². The largest absolute Gasteiger partial charge is 0.383 e. The third-order valence-corrected chi connectivity index (χ3v) is 7.62. The normalized spacial score (nSPS) is 16.6. The average Bonchev–Trinajstić information content (AvgIpc) is 3.15. The predicted molar refractivity (Wildman–Crippen MR) is 116 cm³/mol. The van der Waals surface area contributed by atoms with E-state index in [1.165, 1.54) is 22.6 Å². The summed E-state index contributed by atoms with van der Waals surface area (Å²) in [5.74, 6) is 2.80. The van der Waals surface area contributed by atoms with Crippen molar-refractivity contribution in [2.75, 3.05) is 19.5 Å². The van der Waals surface area contributed by atoms with Crippen molar-refractivity contribution in [2.24, 2.45) is 5.92 Å². The second kappa shape index (κ2) is 8.00. The monoisotopic (exact) mass is 417 g/mol. The maximum absolute atomic E-state index is 6.36. The number of anilines is 1. The van der Waals surface area contributed by atoms with Gasteiger partial charge in [0.2, 0.25) is 0 Å². The Morgan fingerprint density at radius 1 is 1.29 bits per heavy atom. The van der Waals surface area contributed by atoms with Gasteiger partial charge in [-0.1, -0.05) is 18.7 Å². The number of thioether (sulfide) groups is 1. The van der Waals surface area contributed by atoms with Crippen molar-refractivity contribution in [3.63, 3.8) is 0 Å². The molecule has 2 N–H and O–H groups in total. The summed E-state index contributed by atoms with van der Waals surface area (Å²) >= 11 is 3.46. The van der Waals surface area contributed by atoms with Gasteiger partial charge in [-0.05, 0) is 44.6 Å². The number of nitrogen functional groups attached to an aromatic ring is 1. The molecule has 0 bridgehead atoms. The number of rotatable bonds is 6. The van der Waals surface area contributed by atoms with Gasteiger partial charge in [-0.3, -0.25) is 0 Å². The fraction of sp³-hybridized carbons (Fsp3) is 0.550. The summed E-state index contributed by atoms with van der Waals surface area (Å²) in [7, 11) is 1.72. The number of imidazole rings is 1. The van der Waals surface area contributed by atoms with Gasteiger partial charge in [0.1, 0.15) is 16.5 Å². The SMILES string of the molecule is COCCn1c(SCc2nc(N)c3c4c(sc3n2)CC(C)CC4)nc(C)c1C. The zero-order valence-electron chi connectivity index (χ0n) is 16.9. The first kappa shape index (κ1) is 19.7. The van der Waals surface area contributed by atoms with Crippen LogP contribution >= 0.6 is 23.1 Å². The molecule has 0 aliphatic heterocycles. The Hall–Kier alpha value is -1.64. The number of nitrogens with zero attached hydrogens (tertiary/aromatic N) is 4. The van der Waals surface area contributed by atoms with Crippen LogP contribution < -0.4 is 5.73 Å². The summed E-state index contributed by atoms with van der Waals surface area (Å²) < 4.78 is 7.45. The van der Waals surface area contributed by atoms with Crippen LogP contribution in [0.15, 0.2) is 5.16 Å². The third kappa shape index (κ3) is 3.65. The summed E-state index contributed by atoms with van der Waals surface area (Å²) in [4.78, 5) is 16.7. The maximum Gasteiger partial charge on any atom is 0.168 e. The van der Waals surface area contributed by atoms with Crippen LogP contribution in [0.2, 0.25) is 0 Å². The Morgan fingerprint density at radius 3 is 2.89 bits per heavy atom. The second-order valence-corrected chi connectivity index (χ2v) is 9.58. The molecule has 4 rings (SSSR count). The summed E-state index contributed by atoms with van der Waals surface area (Å²) in [6.07, 6.45) is 3.45. The van der Waals surface area contributed by atoms with E-state index in [0.717, 1.165) is 52.2 Å². The summed E-state index contributed by atoms with van der Waals surface area (Å²) in [5.41, 5.74) is 9.97. The van der Waals surface area contributed by atoms with E-state index in [1.807, 2.05) is 6.92 Å². The molecule has 28 heavy (non-hydrogen) atoms. The van der Waals surface area contributed by atoms with E-state index in [4.69, 9.17) is 20.4 Å². The molecule has 0 saturated heterocycles. The van der Waals surface area contributed by atoms with Crippen molar-refractivity contribution in [1.82, 2.24) is 19.5 Å². The van der Waals surface area contributed by atoms with Gasteiger partial charge in [0.25, 0.3) is 0 Å². The van der Waals surface area contributed by atoms with Gasteiger partial charge < -0.3 is 15.0 Å². The van der Waals surface area contributed by atoms with Crippen LogP contribution in [-0.4, -0.2) is 33.2 Å². The highest BCUT2D eigenvalue weighted by molar-refractivity contribution is 7.98. The number of aryl methyl sites for hydroxylation is 2. The van der Waals surface area contributed by atoms with E-state index in [9.17, 15) is 0 Å². The molecule has 0 radical (unpaired) electrons. The number of aromatic nitrogens is 4. The second-order valence-electron chi connectivity index (χ2n) is 7.56. The molecule has 3 aromatic heterocycles. The minimum absolute atomic E-state index is 0.628. The van der Waals surface area contributed by atoms with Gasteiger partial charge in [0.05, 0.1) is 23.4 Å². The maximum atomic E-state index is 6.36. The highest BCUT2D eigenvalue weighted by Crippen LogP contribution is 2.39. The minimum Gasteiger partial charge on any atom is -0.383 e. The number of hydrogen-bond acceptors (Lipinski definition) is 7. The lowest BCUT2D eigenvalue weighted by Gasteiger charge is -2.17. The van der Waals surface area contributed by atoms with E-state index in [1.54, 1.807) is 30.2 Å². The van der Waals surface area contributed by atoms with Crippen LogP contribution in [0.3, 0.4) is 0 Å². The van der Waals surface area contributed by atoms with Crippen molar-refractivity contribution in [2.45, 2.75) is 57.5 Å². The summed E-state index contributed by atoms with van der Waals surface area (Å²) in [5, 5.41) is 2.07. The number of fused-ring (bicyclic) bond motifs is 3. The fourth-order valence-electron chi connectivity index (χ4n) is 3.79. The lowest BCUT2D eigenvalue weighted by atomic mass is 9.89. The molecule has 0 amide bonds. The Bertz CT molecular complexity index is 1010. The van der Waals surface area contributed by atoms with Crippen LogP contribution in [0.5, 0.6) is 0 Å². The Morgan fingerprint density at radius 2 is 2.11 bits per heavy atom. The average molecular weight is 418 g/mol. The summed E-state index contributed by atoms with van der Waals surface area (Å²) in [6, 6.07) is 0. The molecule has 0 spiro atoms. The highest BCUT2D eigenvalue weighted by Gasteiger charge is 2.23. The Labute approximate surface area is 173 Å². The number of hydrogen-bond donors (Lipinski definition) is 1. The molecule has 1 aliphatic carbocycles. The van der Waals surface area contributed by atoms with Crippen LogP contribution in [0, 0.1) is 19.8 Å². The highest BCUT2D eigenvalue weighted by atomic mass is 32.2. The first-order valence-electron chi connectivity index (χ1n) is 9.70. The Kier molecular flexibility index (Phi) is 5.62. The molecule has 6 nitrogen and oxygen atoms in total. The van der Waals surface area contributed by atoms with Gasteiger partial charge in [-0.25, -0.2) is 15.0 Å². The van der Waals surface area contributed by atoms with Crippen molar-refractivity contribution in [1.29, 1.82) is 0 Å². The molecule has 0 saturated carbocycles. The van der Waals surface area contributed by atoms with Crippen molar-refractivity contribution in [3.05, 3.63) is 27.7 Å². The molecule has 1 aliphatic rings. The van der Waals surface area contributed by atoms with Crippen molar-refractivity contribution in [3.8, 4) is 0 Å². The van der Waals surface area contributed by atoms with E-state index < -0.39 is 0 Å². The van der Waals surface area contributed by atoms with E-state index >= 15 is 0 Å². The quantitative estimate of drug-likeness (QED) is 0.607. The van der Waals surface area contributed by atoms with Crippen LogP contribution in [-0.2, 0) is 29.9 Å². The first-order chi connectivity index (χ1) is 13.5. The third-order valence-electron chi connectivity index (χ3n) is 5.50. The number of methoxy groups -OCH3 is 1. The van der Waals surface area contributed by atoms with Gasteiger partial charge >= 0.3 is 0 Å². The van der Waals surface area contributed by atoms with Crippen molar-refractivity contribution >= 4 is 39.1 Å². The zero-order chi connectivity index (χ0) is 19.8. The van der Waals surface area contributed by atoms with Gasteiger partial charge in [0, 0.05) is 24.2 Å². The van der Waals surface area contributed by atoms with Crippen molar-refractivity contribution < 1.29 is 4.74 Å². The van der Waals surface area contributed by atoms with E-state index in [2.05, 4.69) is 23.4 Å². The molecule has 3 heterocycles. The standard InChI is InChI=1S/C20H27N5OS2/c1-11-5-6-14-15(9-11)28-19-17(14)18(21)23-16(24-19)10-27-20-22-12(2)13(3)25(20)7-8-26-4/h11H,5-10H2,1-4H3,(H2,21,23,24). The lowest BCUT2D eigenvalue weighted by molar-refractivity contribution is 0.184. The molecule has 8 heteroatoms. The fourth-order valence-corrected chi connectivity index (χ4v) is 6.17. The molecule has 3 aromatic rings.